The molecule has 27 heavy (non-hydrogen) atoms. The minimum Gasteiger partial charge on any atom is -0.385 e. The molecule has 2 aromatic heterocycles. The molecule has 1 N–H and O–H groups in total. The Hall–Kier alpha value is -2.45. The van der Waals surface area contributed by atoms with Crippen molar-refractivity contribution in [1.29, 1.82) is 0 Å². The summed E-state index contributed by atoms with van der Waals surface area (Å²) in [5.74, 6) is -0.0234. The number of amides is 1. The van der Waals surface area contributed by atoms with Crippen molar-refractivity contribution in [1.82, 2.24) is 20.1 Å². The second-order valence-corrected chi connectivity index (χ2v) is 7.51. The van der Waals surface area contributed by atoms with E-state index in [4.69, 9.17) is 9.72 Å². The highest BCUT2D eigenvalue weighted by molar-refractivity contribution is 7.22. The Kier molecular flexibility index (Phi) is 6.08. The van der Waals surface area contributed by atoms with Gasteiger partial charge in [0.1, 0.15) is 0 Å². The summed E-state index contributed by atoms with van der Waals surface area (Å²) in [6.07, 6.45) is 0.804. The highest BCUT2D eigenvalue weighted by Crippen LogP contribution is 2.31. The van der Waals surface area contributed by atoms with Gasteiger partial charge in [0.05, 0.1) is 22.6 Å². The van der Waals surface area contributed by atoms with E-state index in [0.717, 1.165) is 33.3 Å². The number of methoxy groups -OCH3 is 1. The molecule has 2 heterocycles. The van der Waals surface area contributed by atoms with Crippen molar-refractivity contribution >= 4 is 32.7 Å². The summed E-state index contributed by atoms with van der Waals surface area (Å²) in [6.45, 7) is 5.56. The number of carbonyl (C=O) groups excluding carboxylic acids is 1. The molecule has 0 atom stereocenters. The Morgan fingerprint density at radius 3 is 2.74 bits per heavy atom. The molecule has 1 amide bonds. The zero-order chi connectivity index (χ0) is 19.4. The second kappa shape index (κ2) is 8.49. The number of ether oxygens (including phenoxy) is 1. The first-order chi connectivity index (χ1) is 13.0. The van der Waals surface area contributed by atoms with Crippen molar-refractivity contribution in [3.05, 3.63) is 35.5 Å². The molecule has 0 saturated carbocycles. The smallest absolute Gasteiger partial charge is 0.239 e. The third-order valence-corrected chi connectivity index (χ3v) is 5.48. The van der Waals surface area contributed by atoms with Gasteiger partial charge in [-0.2, -0.15) is 10.1 Å². The summed E-state index contributed by atoms with van der Waals surface area (Å²) >= 11 is 1.56. The topological polar surface area (TPSA) is 72.3 Å². The Balaban J connectivity index is 1.75. The van der Waals surface area contributed by atoms with Crippen molar-refractivity contribution in [2.24, 2.45) is 0 Å². The minimum atomic E-state index is -0.0234. The van der Waals surface area contributed by atoms with Gasteiger partial charge in [-0.1, -0.05) is 29.0 Å². The summed E-state index contributed by atoms with van der Waals surface area (Å²) in [5, 5.41) is 8.33. The normalized spacial score (nSPS) is 11.1. The summed E-state index contributed by atoms with van der Waals surface area (Å²) in [5.41, 5.74) is 3.94. The summed E-state index contributed by atoms with van der Waals surface area (Å²) in [6, 6.07) is 8.20. The molecule has 0 saturated heterocycles. The van der Waals surface area contributed by atoms with Gasteiger partial charge >= 0.3 is 0 Å². The number of anilines is 1. The standard InChI is InChI=1S/C19H25N5O2S/c1-13-6-8-15(9-7-13)24-18-17(14(2)22-24)27-19(21-18)23(3)12-16(25)20-10-5-11-26-4/h6-9H,5,10-12H2,1-4H3,(H,20,25). The lowest BCUT2D eigenvalue weighted by molar-refractivity contribution is -0.119. The van der Waals surface area contributed by atoms with Crippen LogP contribution < -0.4 is 10.2 Å². The van der Waals surface area contributed by atoms with Crippen LogP contribution in [0.2, 0.25) is 0 Å². The number of likely N-dealkylation sites (N-methyl/N-ethyl adjacent to an activating group) is 1. The Morgan fingerprint density at radius 1 is 1.30 bits per heavy atom. The molecule has 144 valence electrons. The van der Waals surface area contributed by atoms with Crippen LogP contribution >= 0.6 is 11.3 Å². The molecule has 0 aliphatic heterocycles. The number of fused-ring (bicyclic) bond motifs is 1. The number of nitrogens with zero attached hydrogens (tertiary/aromatic N) is 4. The van der Waals surface area contributed by atoms with E-state index in [-0.39, 0.29) is 12.5 Å². The summed E-state index contributed by atoms with van der Waals surface area (Å²) < 4.78 is 7.89. The van der Waals surface area contributed by atoms with Crippen LogP contribution in [0.4, 0.5) is 5.13 Å². The molecule has 0 radical (unpaired) electrons. The molecule has 1 aromatic carbocycles. The molecule has 3 aromatic rings. The van der Waals surface area contributed by atoms with E-state index in [0.29, 0.717) is 13.2 Å². The van der Waals surface area contributed by atoms with Crippen LogP contribution in [0.25, 0.3) is 16.0 Å². The highest BCUT2D eigenvalue weighted by Gasteiger charge is 2.18. The monoisotopic (exact) mass is 387 g/mol. The van der Waals surface area contributed by atoms with E-state index < -0.39 is 0 Å². The van der Waals surface area contributed by atoms with Crippen LogP contribution in [0.1, 0.15) is 17.7 Å². The predicted octanol–water partition coefficient (Wildman–Crippen LogP) is 2.69. The maximum Gasteiger partial charge on any atom is 0.239 e. The van der Waals surface area contributed by atoms with E-state index in [1.807, 2.05) is 35.7 Å². The average Bonchev–Trinajstić information content (AvgIpc) is 3.20. The zero-order valence-corrected chi connectivity index (χ0v) is 17.0. The number of benzene rings is 1. The van der Waals surface area contributed by atoms with E-state index in [1.165, 1.54) is 5.56 Å². The van der Waals surface area contributed by atoms with Crippen LogP contribution in [0, 0.1) is 13.8 Å². The van der Waals surface area contributed by atoms with Crippen molar-refractivity contribution in [3.8, 4) is 5.69 Å². The lowest BCUT2D eigenvalue weighted by atomic mass is 10.2. The largest absolute Gasteiger partial charge is 0.385 e. The molecule has 0 bridgehead atoms. The number of thiazole rings is 1. The number of carbonyl (C=O) groups is 1. The van der Waals surface area contributed by atoms with Gasteiger partial charge in [0.25, 0.3) is 0 Å². The molecule has 3 rings (SSSR count). The summed E-state index contributed by atoms with van der Waals surface area (Å²) in [7, 11) is 3.54. The van der Waals surface area contributed by atoms with Gasteiger partial charge in [-0.15, -0.1) is 0 Å². The molecule has 0 spiro atoms. The number of aromatic nitrogens is 3. The fourth-order valence-electron chi connectivity index (χ4n) is 2.74. The Labute approximate surface area is 163 Å². The summed E-state index contributed by atoms with van der Waals surface area (Å²) in [4.78, 5) is 18.7. The molecule has 8 heteroatoms. The minimum absolute atomic E-state index is 0.0234. The fourth-order valence-corrected chi connectivity index (χ4v) is 3.68. The number of nitrogens with one attached hydrogen (secondary N) is 1. The van der Waals surface area contributed by atoms with Gasteiger partial charge in [0.15, 0.2) is 10.8 Å². The first-order valence-electron chi connectivity index (χ1n) is 8.89. The van der Waals surface area contributed by atoms with E-state index in [9.17, 15) is 4.79 Å². The Morgan fingerprint density at radius 2 is 2.04 bits per heavy atom. The second-order valence-electron chi connectivity index (χ2n) is 6.53. The number of hydrogen-bond donors (Lipinski definition) is 1. The molecular weight excluding hydrogens is 362 g/mol. The molecular formula is C19H25N5O2S. The van der Waals surface area contributed by atoms with Crippen LogP contribution in [0.3, 0.4) is 0 Å². The third kappa shape index (κ3) is 4.45. The molecule has 0 fully saturated rings. The maximum absolute atomic E-state index is 12.1. The maximum atomic E-state index is 12.1. The lowest BCUT2D eigenvalue weighted by Crippen LogP contribution is -2.35. The van der Waals surface area contributed by atoms with Gasteiger partial charge in [0.2, 0.25) is 5.91 Å². The van der Waals surface area contributed by atoms with E-state index in [1.54, 1.807) is 18.4 Å². The SMILES string of the molecule is COCCCNC(=O)CN(C)c1nc2c(s1)c(C)nn2-c1ccc(C)cc1. The average molecular weight is 388 g/mol. The van der Waals surface area contributed by atoms with Crippen molar-refractivity contribution in [2.45, 2.75) is 20.3 Å². The van der Waals surface area contributed by atoms with E-state index >= 15 is 0 Å². The lowest BCUT2D eigenvalue weighted by Gasteiger charge is -2.15. The Bertz CT molecular complexity index is 916. The van der Waals surface area contributed by atoms with Crippen molar-refractivity contribution in [2.75, 3.05) is 38.8 Å². The van der Waals surface area contributed by atoms with Crippen LogP contribution in [-0.2, 0) is 9.53 Å². The third-order valence-electron chi connectivity index (χ3n) is 4.21. The van der Waals surface area contributed by atoms with Gasteiger partial charge in [0, 0.05) is 27.3 Å². The molecule has 7 nitrogen and oxygen atoms in total. The molecule has 0 aliphatic rings. The predicted molar refractivity (Wildman–Crippen MR) is 109 cm³/mol. The van der Waals surface area contributed by atoms with Gasteiger partial charge < -0.3 is 15.0 Å². The van der Waals surface area contributed by atoms with Crippen LogP contribution in [-0.4, -0.2) is 54.5 Å². The molecule has 0 unspecified atom stereocenters. The fraction of sp³-hybridized carbons (Fsp3) is 0.421. The first kappa shape index (κ1) is 19.3. The number of aryl methyl sites for hydroxylation is 2. The highest BCUT2D eigenvalue weighted by atomic mass is 32.1. The number of rotatable bonds is 8. The van der Waals surface area contributed by atoms with Crippen LogP contribution in [0.5, 0.6) is 0 Å². The van der Waals surface area contributed by atoms with Gasteiger partial charge in [-0.05, 0) is 32.4 Å². The quantitative estimate of drug-likeness (QED) is 0.602. The van der Waals surface area contributed by atoms with Gasteiger partial charge in [-0.25, -0.2) is 4.68 Å². The molecule has 0 aliphatic carbocycles. The van der Waals surface area contributed by atoms with Crippen LogP contribution in [0.15, 0.2) is 24.3 Å². The zero-order valence-electron chi connectivity index (χ0n) is 16.2. The van der Waals surface area contributed by atoms with Crippen molar-refractivity contribution < 1.29 is 9.53 Å². The van der Waals surface area contributed by atoms with Crippen molar-refractivity contribution in [3.63, 3.8) is 0 Å². The van der Waals surface area contributed by atoms with Gasteiger partial charge in [-0.3, -0.25) is 4.79 Å². The number of hydrogen-bond acceptors (Lipinski definition) is 6. The van der Waals surface area contributed by atoms with E-state index in [2.05, 4.69) is 29.5 Å². The first-order valence-corrected chi connectivity index (χ1v) is 9.71.